The summed E-state index contributed by atoms with van der Waals surface area (Å²) >= 11 is 0. The Morgan fingerprint density at radius 1 is 1.11 bits per heavy atom. The fourth-order valence-electron chi connectivity index (χ4n) is 2.90. The van der Waals surface area contributed by atoms with Crippen LogP contribution < -0.4 is 4.72 Å². The second-order valence-corrected chi connectivity index (χ2v) is 10.6. The SMILES string of the molecule is CC/C(=C\C(NS(=O)(=O)c1c(C)cc(C)cc1C)C(C)C)COS(C)(=O)=O. The molecule has 1 atom stereocenters. The smallest absolute Gasteiger partial charge is 0.264 e. The monoisotopic (exact) mass is 417 g/mol. The highest BCUT2D eigenvalue weighted by molar-refractivity contribution is 7.89. The van der Waals surface area contributed by atoms with Gasteiger partial charge >= 0.3 is 0 Å². The number of nitrogens with one attached hydrogen (secondary N) is 1. The first kappa shape index (κ1) is 23.8. The molecule has 6 nitrogen and oxygen atoms in total. The first-order valence-electron chi connectivity index (χ1n) is 8.91. The molecule has 0 fully saturated rings. The molecule has 8 heteroatoms. The van der Waals surface area contributed by atoms with Gasteiger partial charge in [0.2, 0.25) is 10.0 Å². The summed E-state index contributed by atoms with van der Waals surface area (Å²) in [7, 11) is -7.29. The standard InChI is InChI=1S/C19H31NO5S2/c1-8-17(12-25-26(7,21)22)11-18(13(2)3)20-27(23,24)19-15(5)9-14(4)10-16(19)6/h9-11,13,18,20H,8,12H2,1-7H3/b17-11+. The first-order valence-corrected chi connectivity index (χ1v) is 12.2. The lowest BCUT2D eigenvalue weighted by Crippen LogP contribution is -2.38. The molecule has 0 aliphatic carbocycles. The van der Waals surface area contributed by atoms with Crippen LogP contribution in [0.5, 0.6) is 0 Å². The van der Waals surface area contributed by atoms with Gasteiger partial charge in [-0.05, 0) is 49.8 Å². The number of rotatable bonds is 9. The Kier molecular flexibility index (Phi) is 8.22. The normalized spacial score (nSPS) is 14.6. The highest BCUT2D eigenvalue weighted by atomic mass is 32.2. The van der Waals surface area contributed by atoms with E-state index in [1.54, 1.807) is 19.9 Å². The molecule has 1 N–H and O–H groups in total. The quantitative estimate of drug-likeness (QED) is 0.492. The Balaban J connectivity index is 3.21. The zero-order chi connectivity index (χ0) is 21.0. The molecule has 27 heavy (non-hydrogen) atoms. The van der Waals surface area contributed by atoms with Gasteiger partial charge in [-0.2, -0.15) is 8.42 Å². The maximum atomic E-state index is 13.0. The molecule has 154 valence electrons. The van der Waals surface area contributed by atoms with Gasteiger partial charge in [0.25, 0.3) is 10.1 Å². The van der Waals surface area contributed by atoms with Crippen LogP contribution in [0.1, 0.15) is 43.9 Å². The lowest BCUT2D eigenvalue weighted by molar-refractivity contribution is 0.347. The molecule has 0 radical (unpaired) electrons. The second-order valence-electron chi connectivity index (χ2n) is 7.26. The highest BCUT2D eigenvalue weighted by Crippen LogP contribution is 2.23. The van der Waals surface area contributed by atoms with Crippen molar-refractivity contribution in [2.45, 2.75) is 58.9 Å². The van der Waals surface area contributed by atoms with Crippen LogP contribution in [0.4, 0.5) is 0 Å². The van der Waals surface area contributed by atoms with Gasteiger partial charge in [-0.25, -0.2) is 13.1 Å². The van der Waals surface area contributed by atoms with Crippen LogP contribution in [0.3, 0.4) is 0 Å². The van der Waals surface area contributed by atoms with Crippen molar-refractivity contribution in [2.24, 2.45) is 5.92 Å². The lowest BCUT2D eigenvalue weighted by Gasteiger charge is -2.22. The third-order valence-corrected chi connectivity index (χ3v) is 6.52. The van der Waals surface area contributed by atoms with Crippen molar-refractivity contribution in [3.63, 3.8) is 0 Å². The van der Waals surface area contributed by atoms with Gasteiger partial charge in [-0.15, -0.1) is 0 Å². The molecule has 0 amide bonds. The minimum absolute atomic E-state index is 0.0226. The third-order valence-electron chi connectivity index (χ3n) is 4.21. The number of benzene rings is 1. The van der Waals surface area contributed by atoms with E-state index in [1.165, 1.54) is 0 Å². The molecule has 1 rings (SSSR count). The van der Waals surface area contributed by atoms with Crippen LogP contribution in [-0.4, -0.2) is 35.7 Å². The van der Waals surface area contributed by atoms with Crippen molar-refractivity contribution in [2.75, 3.05) is 12.9 Å². The van der Waals surface area contributed by atoms with Crippen LogP contribution in [0.15, 0.2) is 28.7 Å². The Labute approximate surface area is 164 Å². The van der Waals surface area contributed by atoms with E-state index in [2.05, 4.69) is 4.72 Å². The molecule has 0 bridgehead atoms. The Hall–Kier alpha value is -1.22. The zero-order valence-electron chi connectivity index (χ0n) is 17.2. The number of hydrogen-bond acceptors (Lipinski definition) is 5. The predicted molar refractivity (Wildman–Crippen MR) is 109 cm³/mol. The summed E-state index contributed by atoms with van der Waals surface area (Å²) in [4.78, 5) is 0.289. The minimum atomic E-state index is -3.73. The molecule has 0 saturated carbocycles. The number of sulfonamides is 1. The predicted octanol–water partition coefficient (Wildman–Crippen LogP) is 3.23. The lowest BCUT2D eigenvalue weighted by atomic mass is 10.0. The van der Waals surface area contributed by atoms with Crippen LogP contribution in [-0.2, 0) is 24.3 Å². The molecule has 0 spiro atoms. The summed E-state index contributed by atoms with van der Waals surface area (Å²) in [5.41, 5.74) is 3.12. The Morgan fingerprint density at radius 3 is 2.04 bits per heavy atom. The van der Waals surface area contributed by atoms with E-state index in [-0.39, 0.29) is 17.4 Å². The van der Waals surface area contributed by atoms with E-state index >= 15 is 0 Å². The van der Waals surface area contributed by atoms with E-state index in [1.807, 2.05) is 39.8 Å². The molecule has 0 saturated heterocycles. The van der Waals surface area contributed by atoms with Gasteiger partial charge in [0.05, 0.1) is 17.8 Å². The summed E-state index contributed by atoms with van der Waals surface area (Å²) in [6.07, 6.45) is 3.31. The average molecular weight is 418 g/mol. The van der Waals surface area contributed by atoms with Crippen LogP contribution in [0.25, 0.3) is 0 Å². The van der Waals surface area contributed by atoms with E-state index < -0.39 is 26.2 Å². The van der Waals surface area contributed by atoms with Crippen LogP contribution >= 0.6 is 0 Å². The molecule has 0 aromatic heterocycles. The van der Waals surface area contributed by atoms with Crippen molar-refractivity contribution >= 4 is 20.1 Å². The van der Waals surface area contributed by atoms with Gasteiger partial charge < -0.3 is 0 Å². The molecular weight excluding hydrogens is 386 g/mol. The first-order chi connectivity index (χ1) is 12.3. The van der Waals surface area contributed by atoms with Crippen molar-refractivity contribution in [3.05, 3.63) is 40.5 Å². The van der Waals surface area contributed by atoms with Crippen molar-refractivity contribution < 1.29 is 21.0 Å². The fourth-order valence-corrected chi connectivity index (χ4v) is 5.04. The van der Waals surface area contributed by atoms with E-state index in [0.29, 0.717) is 17.5 Å². The maximum Gasteiger partial charge on any atom is 0.264 e. The fraction of sp³-hybridized carbons (Fsp3) is 0.579. The Morgan fingerprint density at radius 2 is 1.63 bits per heavy atom. The summed E-state index contributed by atoms with van der Waals surface area (Å²) < 4.78 is 56.1. The van der Waals surface area contributed by atoms with Crippen LogP contribution in [0.2, 0.25) is 0 Å². The molecule has 0 aliphatic rings. The largest absolute Gasteiger partial charge is 0.266 e. The topological polar surface area (TPSA) is 89.5 Å². The van der Waals surface area contributed by atoms with Gasteiger partial charge in [-0.1, -0.05) is 44.5 Å². The zero-order valence-corrected chi connectivity index (χ0v) is 18.8. The van der Waals surface area contributed by atoms with Crippen molar-refractivity contribution in [1.82, 2.24) is 4.72 Å². The summed E-state index contributed by atoms with van der Waals surface area (Å²) in [5, 5.41) is 0. The average Bonchev–Trinajstić information content (AvgIpc) is 2.47. The van der Waals surface area contributed by atoms with E-state index in [0.717, 1.165) is 17.4 Å². The van der Waals surface area contributed by atoms with Crippen molar-refractivity contribution in [1.29, 1.82) is 0 Å². The minimum Gasteiger partial charge on any atom is -0.266 e. The van der Waals surface area contributed by atoms with Gasteiger partial charge in [0.1, 0.15) is 0 Å². The van der Waals surface area contributed by atoms with Gasteiger partial charge in [0.15, 0.2) is 0 Å². The molecule has 0 heterocycles. The third kappa shape index (κ3) is 7.37. The van der Waals surface area contributed by atoms with Gasteiger partial charge in [-0.3, -0.25) is 4.18 Å². The molecule has 1 aromatic carbocycles. The number of hydrogen-bond donors (Lipinski definition) is 1. The van der Waals surface area contributed by atoms with E-state index in [9.17, 15) is 16.8 Å². The molecule has 1 unspecified atom stereocenters. The molecular formula is C19H31NO5S2. The van der Waals surface area contributed by atoms with Crippen molar-refractivity contribution in [3.8, 4) is 0 Å². The summed E-state index contributed by atoms with van der Waals surface area (Å²) in [6.45, 7) is 11.1. The van der Waals surface area contributed by atoms with E-state index in [4.69, 9.17) is 4.18 Å². The maximum absolute atomic E-state index is 13.0. The van der Waals surface area contributed by atoms with Crippen LogP contribution in [0, 0.1) is 26.7 Å². The molecule has 1 aromatic rings. The second kappa shape index (κ2) is 9.32. The summed E-state index contributed by atoms with van der Waals surface area (Å²) in [5.74, 6) is -0.0226. The van der Waals surface area contributed by atoms with Gasteiger partial charge in [0, 0.05) is 6.04 Å². The molecule has 0 aliphatic heterocycles. The highest BCUT2D eigenvalue weighted by Gasteiger charge is 2.25. The number of aryl methyl sites for hydroxylation is 3. The summed E-state index contributed by atoms with van der Waals surface area (Å²) in [6, 6.07) is 3.21. The Bertz CT molecular complexity index is 877.